The summed E-state index contributed by atoms with van der Waals surface area (Å²) in [6.45, 7) is 21.6. The minimum atomic E-state index is -2.66. The Morgan fingerprint density at radius 1 is 0.793 bits per heavy atom. The largest absolute Gasteiger partial charge is 0.440 e. The molecule has 0 amide bonds. The second-order valence-corrected chi connectivity index (χ2v) is 26.9. The van der Waals surface area contributed by atoms with Crippen molar-refractivity contribution < 1.29 is 25.0 Å². The molecule has 6 nitrogen and oxygen atoms in total. The molecular weight excluding hydrogens is 469 g/mol. The van der Waals surface area contributed by atoms with Gasteiger partial charge in [-0.2, -0.15) is 0 Å². The Hall–Kier alpha value is 0.281. The van der Waals surface area contributed by atoms with Crippen molar-refractivity contribution in [3.05, 3.63) is 30.3 Å². The van der Waals surface area contributed by atoms with Crippen LogP contribution >= 0.6 is 0 Å². The molecule has 1 aromatic carbocycles. The first-order chi connectivity index (χ1) is 13.2. The molecule has 12 heteroatoms. The van der Waals surface area contributed by atoms with E-state index in [1.165, 1.54) is 0 Å². The highest BCUT2D eigenvalue weighted by molar-refractivity contribution is 6.92. The van der Waals surface area contributed by atoms with Gasteiger partial charge in [-0.1, -0.05) is 30.3 Å². The van der Waals surface area contributed by atoms with Crippen LogP contribution in [0.4, 0.5) is 0 Å². The lowest BCUT2D eigenvalue weighted by molar-refractivity contribution is 0.264. The highest BCUT2D eigenvalue weighted by Crippen LogP contribution is 2.25. The van der Waals surface area contributed by atoms with E-state index in [2.05, 4.69) is 71.1 Å². The van der Waals surface area contributed by atoms with Gasteiger partial charge in [0.2, 0.25) is 0 Å². The Bertz CT molecular complexity index is 616. The van der Waals surface area contributed by atoms with E-state index in [0.717, 1.165) is 5.19 Å². The van der Waals surface area contributed by atoms with E-state index in [1.54, 1.807) is 0 Å². The molecule has 0 fully saturated rings. The number of hydrogen-bond donors (Lipinski definition) is 0. The molecule has 0 aliphatic carbocycles. The standard InChI is InChI=1S/C17H40O6Si6/c1-11-18-24-19-29(10,17-15-13-12-14-16-17)23-28(8,9)22-27(6,7)21-26(4,5)20-25(2)3/h12-16,25H,11,24H2,1-10H3. The zero-order chi connectivity index (χ0) is 22.3. The lowest BCUT2D eigenvalue weighted by Crippen LogP contribution is -2.62. The van der Waals surface area contributed by atoms with E-state index in [0.29, 0.717) is 6.61 Å². The van der Waals surface area contributed by atoms with Gasteiger partial charge in [-0.3, -0.25) is 0 Å². The van der Waals surface area contributed by atoms with Gasteiger partial charge in [0.1, 0.15) is 0 Å². The maximum absolute atomic E-state index is 6.72. The fraction of sp³-hybridized carbons (Fsp3) is 0.647. The molecule has 0 aromatic heterocycles. The predicted molar refractivity (Wildman–Crippen MR) is 135 cm³/mol. The summed E-state index contributed by atoms with van der Waals surface area (Å²) < 4.78 is 37.9. The zero-order valence-electron chi connectivity index (χ0n) is 19.8. The second-order valence-electron chi connectivity index (χ2n) is 8.74. The number of benzene rings is 1. The average Bonchev–Trinajstić information content (AvgIpc) is 2.51. The summed E-state index contributed by atoms with van der Waals surface area (Å²) in [5.41, 5.74) is 0. The summed E-state index contributed by atoms with van der Waals surface area (Å²) in [5, 5.41) is 1.10. The maximum Gasteiger partial charge on any atom is 0.351 e. The van der Waals surface area contributed by atoms with Crippen molar-refractivity contribution in [2.24, 2.45) is 0 Å². The summed E-state index contributed by atoms with van der Waals surface area (Å²) in [6.07, 6.45) is 0. The molecule has 168 valence electrons. The van der Waals surface area contributed by atoms with E-state index in [4.69, 9.17) is 25.0 Å². The zero-order valence-corrected chi connectivity index (χ0v) is 26.4. The first-order valence-electron chi connectivity index (χ1n) is 10.3. The van der Waals surface area contributed by atoms with Crippen molar-refractivity contribution in [2.45, 2.75) is 65.8 Å². The Morgan fingerprint density at radius 3 is 1.83 bits per heavy atom. The summed E-state index contributed by atoms with van der Waals surface area (Å²) >= 11 is 0. The molecule has 1 rings (SSSR count). The molecule has 0 N–H and O–H groups in total. The molecule has 29 heavy (non-hydrogen) atoms. The molecular formula is C17H40O6Si6. The van der Waals surface area contributed by atoms with Crippen LogP contribution in [0.3, 0.4) is 0 Å². The molecule has 0 heterocycles. The molecule has 0 aliphatic heterocycles. The van der Waals surface area contributed by atoms with Crippen LogP contribution in [0.5, 0.6) is 0 Å². The third kappa shape index (κ3) is 10.4. The van der Waals surface area contributed by atoms with Crippen molar-refractivity contribution in [2.75, 3.05) is 6.61 Å². The molecule has 0 saturated heterocycles. The molecule has 1 unspecified atom stereocenters. The fourth-order valence-corrected chi connectivity index (χ4v) is 27.0. The van der Waals surface area contributed by atoms with Crippen molar-refractivity contribution >= 4 is 58.5 Å². The topological polar surface area (TPSA) is 55.4 Å². The van der Waals surface area contributed by atoms with Crippen LogP contribution < -0.4 is 5.19 Å². The van der Waals surface area contributed by atoms with Gasteiger partial charge < -0.3 is 25.0 Å². The van der Waals surface area contributed by atoms with Crippen LogP contribution in [-0.4, -0.2) is 59.9 Å². The summed E-state index contributed by atoms with van der Waals surface area (Å²) in [4.78, 5) is 0. The van der Waals surface area contributed by atoms with E-state index in [1.807, 2.05) is 25.1 Å². The fourth-order valence-electron chi connectivity index (χ4n) is 3.44. The molecule has 0 saturated carbocycles. The van der Waals surface area contributed by atoms with Crippen LogP contribution in [0.15, 0.2) is 30.3 Å². The van der Waals surface area contributed by atoms with Gasteiger partial charge in [0.05, 0.1) is 0 Å². The summed E-state index contributed by atoms with van der Waals surface area (Å²) in [5.74, 6) is 0. The molecule has 0 aliphatic rings. The highest BCUT2D eigenvalue weighted by Gasteiger charge is 2.47. The minimum absolute atomic E-state index is 0.662. The van der Waals surface area contributed by atoms with Crippen LogP contribution in [-0.2, 0) is 25.0 Å². The third-order valence-corrected chi connectivity index (χ3v) is 24.0. The summed E-state index contributed by atoms with van der Waals surface area (Å²) in [6, 6.07) is 10.2. The lowest BCUT2D eigenvalue weighted by atomic mass is 10.4. The van der Waals surface area contributed by atoms with Crippen molar-refractivity contribution in [1.29, 1.82) is 0 Å². The van der Waals surface area contributed by atoms with Gasteiger partial charge in [-0.25, -0.2) is 0 Å². The predicted octanol–water partition coefficient (Wildman–Crippen LogP) is 3.17. The van der Waals surface area contributed by atoms with Crippen LogP contribution in [0, 0.1) is 0 Å². The molecule has 0 spiro atoms. The lowest BCUT2D eigenvalue weighted by Gasteiger charge is -2.41. The molecule has 0 radical (unpaired) electrons. The summed E-state index contributed by atoms with van der Waals surface area (Å²) in [7, 11) is -12.1. The van der Waals surface area contributed by atoms with E-state index in [9.17, 15) is 0 Å². The van der Waals surface area contributed by atoms with Gasteiger partial charge in [0.15, 0.2) is 9.04 Å². The Labute approximate surface area is 186 Å². The van der Waals surface area contributed by atoms with Crippen LogP contribution in [0.1, 0.15) is 6.92 Å². The number of rotatable bonds is 13. The van der Waals surface area contributed by atoms with Crippen LogP contribution in [0.2, 0.25) is 58.9 Å². The van der Waals surface area contributed by atoms with Crippen molar-refractivity contribution in [1.82, 2.24) is 0 Å². The molecule has 1 atom stereocenters. The van der Waals surface area contributed by atoms with Gasteiger partial charge >= 0.3 is 34.2 Å². The Kier molecular flexibility index (Phi) is 10.6. The molecule has 1 aromatic rings. The average molecular weight is 509 g/mol. The SMILES string of the molecule is CCO[SiH2]O[Si](C)(O[Si](C)(C)O[Si](C)(C)O[Si](C)(C)O[SiH](C)C)c1ccccc1. The second kappa shape index (κ2) is 11.2. The molecule has 0 bridgehead atoms. The van der Waals surface area contributed by atoms with Gasteiger partial charge in [0, 0.05) is 6.61 Å². The smallest absolute Gasteiger partial charge is 0.351 e. The van der Waals surface area contributed by atoms with E-state index >= 15 is 0 Å². The van der Waals surface area contributed by atoms with Gasteiger partial charge in [-0.15, -0.1) is 0 Å². The minimum Gasteiger partial charge on any atom is -0.440 e. The third-order valence-electron chi connectivity index (χ3n) is 3.86. The van der Waals surface area contributed by atoms with Crippen LogP contribution in [0.25, 0.3) is 0 Å². The first kappa shape index (κ1) is 27.3. The maximum atomic E-state index is 6.72. The van der Waals surface area contributed by atoms with E-state index < -0.39 is 53.3 Å². The quantitative estimate of drug-likeness (QED) is 0.301. The Morgan fingerprint density at radius 2 is 1.31 bits per heavy atom. The van der Waals surface area contributed by atoms with Crippen molar-refractivity contribution in [3.63, 3.8) is 0 Å². The van der Waals surface area contributed by atoms with Gasteiger partial charge in [0.25, 0.3) is 10.0 Å². The van der Waals surface area contributed by atoms with Gasteiger partial charge in [-0.05, 0) is 71.0 Å². The Balaban J connectivity index is 2.96. The first-order valence-corrected chi connectivity index (χ1v) is 25.0. The van der Waals surface area contributed by atoms with Crippen molar-refractivity contribution in [3.8, 4) is 0 Å². The highest BCUT2D eigenvalue weighted by atomic mass is 28.5. The normalized spacial score (nSPS) is 16.0. The number of hydrogen-bond acceptors (Lipinski definition) is 6. The monoisotopic (exact) mass is 508 g/mol. The van der Waals surface area contributed by atoms with E-state index in [-0.39, 0.29) is 0 Å².